The maximum absolute atomic E-state index is 12.4. The fourth-order valence-electron chi connectivity index (χ4n) is 3.54. The number of amides is 1. The molecule has 1 saturated carbocycles. The molecule has 1 N–H and O–H groups in total. The van der Waals surface area contributed by atoms with Crippen molar-refractivity contribution in [2.24, 2.45) is 11.8 Å². The highest BCUT2D eigenvalue weighted by atomic mass is 32.1. The van der Waals surface area contributed by atoms with Gasteiger partial charge in [-0.2, -0.15) is 4.68 Å². The van der Waals surface area contributed by atoms with Crippen LogP contribution in [0.25, 0.3) is 10.8 Å². The summed E-state index contributed by atoms with van der Waals surface area (Å²) in [6.45, 7) is 5.92. The Morgan fingerprint density at radius 3 is 2.93 bits per heavy atom. The number of hydrogen-bond donors (Lipinski definition) is 1. The number of carbonyl (C=O) groups excluding carboxylic acids is 2. The van der Waals surface area contributed by atoms with Crippen molar-refractivity contribution in [3.8, 4) is 10.8 Å². The lowest BCUT2D eigenvalue weighted by Crippen LogP contribution is -2.47. The first kappa shape index (κ1) is 21.3. The van der Waals surface area contributed by atoms with Crippen LogP contribution in [0.15, 0.2) is 26.7 Å². The van der Waals surface area contributed by atoms with Crippen molar-refractivity contribution < 1.29 is 18.7 Å². The summed E-state index contributed by atoms with van der Waals surface area (Å²) in [6.07, 6.45) is 2.24. The Balaban J connectivity index is 1.48. The van der Waals surface area contributed by atoms with Gasteiger partial charge in [0.1, 0.15) is 0 Å². The lowest BCUT2D eigenvalue weighted by Gasteiger charge is -2.35. The molecule has 0 bridgehead atoms. The van der Waals surface area contributed by atoms with Crippen LogP contribution in [0.1, 0.15) is 46.5 Å². The molecule has 4 atom stereocenters. The van der Waals surface area contributed by atoms with E-state index in [1.165, 1.54) is 17.8 Å². The van der Waals surface area contributed by atoms with Gasteiger partial charge in [0.2, 0.25) is 0 Å². The molecule has 0 aromatic carbocycles. The van der Waals surface area contributed by atoms with Gasteiger partial charge in [-0.15, -0.1) is 16.4 Å². The highest BCUT2D eigenvalue weighted by Crippen LogP contribution is 2.29. The lowest BCUT2D eigenvalue weighted by atomic mass is 9.78. The van der Waals surface area contributed by atoms with Crippen LogP contribution < -0.4 is 11.1 Å². The summed E-state index contributed by atoms with van der Waals surface area (Å²) in [5.74, 6) is -0.304. The number of thiophene rings is 1. The van der Waals surface area contributed by atoms with Crippen molar-refractivity contribution in [3.63, 3.8) is 0 Å². The molecule has 0 saturated heterocycles. The van der Waals surface area contributed by atoms with E-state index >= 15 is 0 Å². The van der Waals surface area contributed by atoms with E-state index < -0.39 is 17.8 Å². The number of rotatable bonds is 7. The number of ether oxygens (including phenoxy) is 1. The van der Waals surface area contributed by atoms with Crippen molar-refractivity contribution in [2.45, 2.75) is 65.1 Å². The Hall–Kier alpha value is -2.42. The molecule has 8 nitrogen and oxygen atoms in total. The molecule has 29 heavy (non-hydrogen) atoms. The van der Waals surface area contributed by atoms with Gasteiger partial charge in [0.05, 0.1) is 17.8 Å². The Labute approximate surface area is 173 Å². The van der Waals surface area contributed by atoms with E-state index in [1.54, 1.807) is 13.0 Å². The first-order valence-corrected chi connectivity index (χ1v) is 10.8. The van der Waals surface area contributed by atoms with Crippen LogP contribution in [-0.2, 0) is 20.9 Å². The smallest absolute Gasteiger partial charge is 0.437 e. The second kappa shape index (κ2) is 9.39. The van der Waals surface area contributed by atoms with Gasteiger partial charge in [-0.05, 0) is 36.6 Å². The first-order valence-electron chi connectivity index (χ1n) is 9.97. The standard InChI is InChI=1S/C20H27N3O5S/c1-12-6-4-7-15(13(12)2)21-18(25)14(3)27-17(24)9-10-23-20(26)28-19(22-23)16-8-5-11-29-16/h5,8,11-15H,4,6-7,9-10H2,1-3H3,(H,21,25)/t12-,13-,14+,15-/m1/s1. The van der Waals surface area contributed by atoms with E-state index in [0.29, 0.717) is 11.8 Å². The zero-order valence-corrected chi connectivity index (χ0v) is 17.7. The zero-order chi connectivity index (χ0) is 21.0. The van der Waals surface area contributed by atoms with E-state index in [0.717, 1.165) is 22.4 Å². The summed E-state index contributed by atoms with van der Waals surface area (Å²) in [7, 11) is 0. The maximum Gasteiger partial charge on any atom is 0.437 e. The third-order valence-corrected chi connectivity index (χ3v) is 6.44. The third-order valence-electron chi connectivity index (χ3n) is 5.58. The summed E-state index contributed by atoms with van der Waals surface area (Å²) in [5.41, 5.74) is 0. The Bertz CT molecular complexity index is 888. The molecule has 1 fully saturated rings. The SMILES string of the molecule is C[C@@H]1[C@H](C)CCC[C@H]1NC(=O)[C@H](C)OC(=O)CCn1nc(-c2cccs2)oc1=O. The van der Waals surface area contributed by atoms with E-state index in [9.17, 15) is 14.4 Å². The van der Waals surface area contributed by atoms with Gasteiger partial charge >= 0.3 is 11.7 Å². The normalized spacial score (nSPS) is 22.8. The average molecular weight is 422 g/mol. The summed E-state index contributed by atoms with van der Waals surface area (Å²) in [6, 6.07) is 3.73. The van der Waals surface area contributed by atoms with Gasteiger partial charge in [0, 0.05) is 6.04 Å². The largest absolute Gasteiger partial charge is 0.452 e. The van der Waals surface area contributed by atoms with Crippen molar-refractivity contribution in [1.29, 1.82) is 0 Å². The first-order chi connectivity index (χ1) is 13.8. The number of hydrogen-bond acceptors (Lipinski definition) is 7. The number of aryl methyl sites for hydroxylation is 1. The van der Waals surface area contributed by atoms with Gasteiger partial charge in [0.15, 0.2) is 6.10 Å². The number of aromatic nitrogens is 2. The molecule has 0 radical (unpaired) electrons. The fraction of sp³-hybridized carbons (Fsp3) is 0.600. The molecular formula is C20H27N3O5S. The van der Waals surface area contributed by atoms with Crippen molar-refractivity contribution in [3.05, 3.63) is 28.1 Å². The number of nitrogens with zero attached hydrogens (tertiary/aromatic N) is 2. The van der Waals surface area contributed by atoms with Crippen LogP contribution in [0.2, 0.25) is 0 Å². The Morgan fingerprint density at radius 1 is 1.41 bits per heavy atom. The predicted octanol–water partition coefficient (Wildman–Crippen LogP) is 2.83. The topological polar surface area (TPSA) is 103 Å². The van der Waals surface area contributed by atoms with Gasteiger partial charge < -0.3 is 14.5 Å². The van der Waals surface area contributed by atoms with E-state index in [2.05, 4.69) is 24.3 Å². The van der Waals surface area contributed by atoms with Crippen LogP contribution in [0.3, 0.4) is 0 Å². The van der Waals surface area contributed by atoms with E-state index in [1.807, 2.05) is 11.4 Å². The third kappa shape index (κ3) is 5.35. The molecule has 158 valence electrons. The van der Waals surface area contributed by atoms with Crippen LogP contribution in [-0.4, -0.2) is 33.8 Å². The average Bonchev–Trinajstić information content (AvgIpc) is 3.33. The Kier molecular flexibility index (Phi) is 6.89. The van der Waals surface area contributed by atoms with Crippen LogP contribution in [0.4, 0.5) is 0 Å². The number of nitrogens with one attached hydrogen (secondary N) is 1. The molecule has 2 aromatic rings. The minimum atomic E-state index is -0.886. The predicted molar refractivity (Wildman–Crippen MR) is 108 cm³/mol. The van der Waals surface area contributed by atoms with Gasteiger partial charge in [-0.25, -0.2) is 4.79 Å². The molecule has 9 heteroatoms. The molecule has 0 unspecified atom stereocenters. The highest BCUT2D eigenvalue weighted by molar-refractivity contribution is 7.13. The summed E-state index contributed by atoms with van der Waals surface area (Å²) in [5, 5.41) is 8.95. The minimum absolute atomic E-state index is 0.0258. The number of carbonyl (C=O) groups is 2. The van der Waals surface area contributed by atoms with E-state index in [4.69, 9.17) is 9.15 Å². The summed E-state index contributed by atoms with van der Waals surface area (Å²) >= 11 is 1.40. The Morgan fingerprint density at radius 2 is 2.21 bits per heavy atom. The maximum atomic E-state index is 12.4. The molecule has 3 rings (SSSR count). The number of esters is 1. The molecule has 0 spiro atoms. The molecule has 0 aliphatic heterocycles. The molecule has 1 aliphatic carbocycles. The molecule has 1 aliphatic rings. The fourth-order valence-corrected chi connectivity index (χ4v) is 4.18. The zero-order valence-electron chi connectivity index (χ0n) is 16.9. The minimum Gasteiger partial charge on any atom is -0.452 e. The molecule has 1 amide bonds. The van der Waals surface area contributed by atoms with E-state index in [-0.39, 0.29) is 30.8 Å². The van der Waals surface area contributed by atoms with Crippen molar-refractivity contribution >= 4 is 23.2 Å². The second-order valence-electron chi connectivity index (χ2n) is 7.64. The van der Waals surface area contributed by atoms with Crippen LogP contribution in [0, 0.1) is 11.8 Å². The van der Waals surface area contributed by atoms with Crippen LogP contribution >= 0.6 is 11.3 Å². The van der Waals surface area contributed by atoms with Gasteiger partial charge in [-0.1, -0.05) is 32.8 Å². The monoisotopic (exact) mass is 421 g/mol. The molecular weight excluding hydrogens is 394 g/mol. The lowest BCUT2D eigenvalue weighted by molar-refractivity contribution is -0.155. The second-order valence-corrected chi connectivity index (χ2v) is 8.59. The summed E-state index contributed by atoms with van der Waals surface area (Å²) < 4.78 is 11.4. The highest BCUT2D eigenvalue weighted by Gasteiger charge is 2.30. The van der Waals surface area contributed by atoms with Gasteiger partial charge in [-0.3, -0.25) is 9.59 Å². The van der Waals surface area contributed by atoms with Gasteiger partial charge in [0.25, 0.3) is 11.8 Å². The molecule has 2 aromatic heterocycles. The van der Waals surface area contributed by atoms with Crippen molar-refractivity contribution in [1.82, 2.24) is 15.1 Å². The van der Waals surface area contributed by atoms with Crippen LogP contribution in [0.5, 0.6) is 0 Å². The molecule has 2 heterocycles. The summed E-state index contributed by atoms with van der Waals surface area (Å²) in [4.78, 5) is 37.1. The quantitative estimate of drug-likeness (QED) is 0.690. The van der Waals surface area contributed by atoms with Crippen molar-refractivity contribution in [2.75, 3.05) is 0 Å².